The zero-order valence-electron chi connectivity index (χ0n) is 36.3. The lowest BCUT2D eigenvalue weighted by Gasteiger charge is -2.45. The van der Waals surface area contributed by atoms with Crippen molar-refractivity contribution in [1.29, 1.82) is 0 Å². The second-order valence-electron chi connectivity index (χ2n) is 20.6. The second-order valence-corrected chi connectivity index (χ2v) is 30.1. The van der Waals surface area contributed by atoms with Gasteiger partial charge in [0.25, 0.3) is 0 Å². The molecule has 298 valence electrons. The van der Waals surface area contributed by atoms with Gasteiger partial charge < -0.3 is 18.7 Å². The van der Waals surface area contributed by atoms with Crippen molar-refractivity contribution < 1.29 is 23.5 Å². The van der Waals surface area contributed by atoms with Crippen LogP contribution in [-0.4, -0.2) is 52.6 Å². The first-order valence-corrected chi connectivity index (χ1v) is 26.6. The van der Waals surface area contributed by atoms with Crippen molar-refractivity contribution in [3.8, 4) is 0 Å². The lowest BCUT2D eigenvalue weighted by Crippen LogP contribution is -2.49. The van der Waals surface area contributed by atoms with E-state index in [1.54, 1.807) is 19.4 Å². The molecule has 0 radical (unpaired) electrons. The van der Waals surface area contributed by atoms with Crippen molar-refractivity contribution in [3.05, 3.63) is 47.6 Å². The van der Waals surface area contributed by atoms with E-state index in [0.29, 0.717) is 24.4 Å². The Hall–Kier alpha value is -1.26. The summed E-state index contributed by atoms with van der Waals surface area (Å²) in [5.74, 6) is 1.05. The van der Waals surface area contributed by atoms with Crippen molar-refractivity contribution in [2.24, 2.45) is 28.6 Å². The van der Waals surface area contributed by atoms with Gasteiger partial charge in [0.05, 0.1) is 30.3 Å². The molecule has 52 heavy (non-hydrogen) atoms. The van der Waals surface area contributed by atoms with E-state index in [4.69, 9.17) is 13.6 Å². The van der Waals surface area contributed by atoms with Crippen LogP contribution in [0.1, 0.15) is 140 Å². The molecule has 3 aliphatic rings. The highest BCUT2D eigenvalue weighted by atomic mass is 28.4. The minimum Gasteiger partial charge on any atom is -0.465 e. The van der Waals surface area contributed by atoms with Crippen LogP contribution in [0.5, 0.6) is 0 Å². The summed E-state index contributed by atoms with van der Waals surface area (Å²) in [6.45, 7) is 39.0. The number of ether oxygens (including phenoxy) is 1. The summed E-state index contributed by atoms with van der Waals surface area (Å²) in [4.78, 5) is 12.8. The first-order valence-electron chi connectivity index (χ1n) is 20.8. The molecule has 1 unspecified atom stereocenters. The molecule has 3 saturated carbocycles. The molecule has 1 N–H and O–H groups in total. The van der Waals surface area contributed by atoms with Gasteiger partial charge in [0.2, 0.25) is 0 Å². The highest BCUT2D eigenvalue weighted by Gasteiger charge is 2.51. The molecular weight excluding hydrogens is 677 g/mol. The SMILES string of the molecule is C=C1C(=CC=C2CCC[C@]3(C)[C@@H]([C@H](C)C=CC(O)C(C)(C)C(=O)OCCCCC)CC[C@@H]23)C[C@@H](O[Si](C)(C)C(C)(C)C)C[C@@H]1O[Si](C)(C)C(C)(C)C. The quantitative estimate of drug-likeness (QED) is 0.0827. The van der Waals surface area contributed by atoms with Crippen LogP contribution >= 0.6 is 0 Å². The predicted molar refractivity (Wildman–Crippen MR) is 225 cm³/mol. The normalized spacial score (nSPS) is 29.5. The molecule has 0 heterocycles. The Labute approximate surface area is 322 Å². The van der Waals surface area contributed by atoms with E-state index in [2.05, 4.69) is 113 Å². The summed E-state index contributed by atoms with van der Waals surface area (Å²) >= 11 is 0. The predicted octanol–water partition coefficient (Wildman–Crippen LogP) is 12.5. The Balaban J connectivity index is 1.82. The van der Waals surface area contributed by atoms with Gasteiger partial charge in [-0.05, 0) is 129 Å². The van der Waals surface area contributed by atoms with Gasteiger partial charge in [-0.3, -0.25) is 4.79 Å². The van der Waals surface area contributed by atoms with Gasteiger partial charge in [-0.2, -0.15) is 0 Å². The Morgan fingerprint density at radius 1 is 0.962 bits per heavy atom. The summed E-state index contributed by atoms with van der Waals surface area (Å²) in [5.41, 5.74) is 3.24. The number of unbranched alkanes of at least 4 members (excludes halogenated alkanes) is 2. The molecule has 7 atom stereocenters. The number of hydrogen-bond donors (Lipinski definition) is 1. The van der Waals surface area contributed by atoms with Crippen LogP contribution in [0.3, 0.4) is 0 Å². The van der Waals surface area contributed by atoms with Crippen molar-refractivity contribution in [1.82, 2.24) is 0 Å². The van der Waals surface area contributed by atoms with E-state index < -0.39 is 28.2 Å². The summed E-state index contributed by atoms with van der Waals surface area (Å²) in [5, 5.41) is 11.4. The molecule has 0 amide bonds. The maximum Gasteiger partial charge on any atom is 0.314 e. The second kappa shape index (κ2) is 17.3. The molecule has 0 aliphatic heterocycles. The Morgan fingerprint density at radius 3 is 2.17 bits per heavy atom. The van der Waals surface area contributed by atoms with Crippen molar-refractivity contribution in [2.45, 2.75) is 195 Å². The van der Waals surface area contributed by atoms with Crippen LogP contribution in [0.4, 0.5) is 0 Å². The molecule has 0 aromatic heterocycles. The molecule has 0 aromatic rings. The van der Waals surface area contributed by atoms with Crippen LogP contribution in [0.2, 0.25) is 36.3 Å². The fourth-order valence-corrected chi connectivity index (χ4v) is 11.1. The smallest absolute Gasteiger partial charge is 0.314 e. The van der Waals surface area contributed by atoms with Gasteiger partial charge in [-0.25, -0.2) is 0 Å². The lowest BCUT2D eigenvalue weighted by molar-refractivity contribution is -0.158. The summed E-state index contributed by atoms with van der Waals surface area (Å²) < 4.78 is 19.7. The fraction of sp³-hybridized carbons (Fsp3) is 0.800. The van der Waals surface area contributed by atoms with E-state index in [1.807, 2.05) is 6.08 Å². The number of aliphatic hydroxyl groups excluding tert-OH is 1. The fourth-order valence-electron chi connectivity index (χ4n) is 8.39. The first kappa shape index (κ1) is 45.1. The minimum absolute atomic E-state index is 0.0163. The molecular formula is C45H80O5Si2. The van der Waals surface area contributed by atoms with E-state index in [-0.39, 0.29) is 33.7 Å². The average molecular weight is 757 g/mol. The van der Waals surface area contributed by atoms with E-state index in [9.17, 15) is 9.90 Å². The van der Waals surface area contributed by atoms with Crippen LogP contribution in [0.25, 0.3) is 0 Å². The molecule has 0 spiro atoms. The third-order valence-electron chi connectivity index (χ3n) is 14.3. The van der Waals surface area contributed by atoms with Crippen molar-refractivity contribution in [2.75, 3.05) is 6.61 Å². The summed E-state index contributed by atoms with van der Waals surface area (Å²) in [6.07, 6.45) is 18.8. The number of carbonyl (C=O) groups is 1. The van der Waals surface area contributed by atoms with Crippen LogP contribution in [-0.2, 0) is 18.4 Å². The van der Waals surface area contributed by atoms with Gasteiger partial charge in [-0.15, -0.1) is 0 Å². The van der Waals surface area contributed by atoms with E-state index >= 15 is 0 Å². The number of allylic oxidation sites excluding steroid dienone is 4. The third kappa shape index (κ3) is 10.5. The molecule has 0 aromatic carbocycles. The zero-order valence-corrected chi connectivity index (χ0v) is 38.3. The third-order valence-corrected chi connectivity index (χ3v) is 23.3. The number of hydrogen-bond acceptors (Lipinski definition) is 5. The van der Waals surface area contributed by atoms with Gasteiger partial charge in [0.15, 0.2) is 16.6 Å². The Kier molecular flexibility index (Phi) is 15.0. The van der Waals surface area contributed by atoms with Gasteiger partial charge in [0.1, 0.15) is 0 Å². The Bertz CT molecular complexity index is 1330. The standard InChI is InChI=1S/C45H80O5Si2/c1-17-18-19-29-48-41(47)44(10,11)40(46)27-22-32(2)37-25-26-38-34(21-20-28-45(37,38)12)23-24-35-30-36(49-51(13,14)42(4,5)6)31-39(33(35)3)50-52(15,16)43(7,8)9/h22-24,27,32,36-40,46H,3,17-21,25-26,28-31H2,1-2,4-16H3/t32-,36-,37-,38+,39+,40?,45-/m1/s1. The number of carbonyl (C=O) groups excluding carboxylic acids is 1. The number of rotatable bonds is 14. The summed E-state index contributed by atoms with van der Waals surface area (Å²) in [6, 6.07) is 0. The van der Waals surface area contributed by atoms with Crippen LogP contribution in [0.15, 0.2) is 47.6 Å². The molecule has 7 heteroatoms. The highest BCUT2D eigenvalue weighted by molar-refractivity contribution is 6.74. The van der Waals surface area contributed by atoms with Crippen LogP contribution in [0, 0.1) is 28.6 Å². The van der Waals surface area contributed by atoms with Crippen LogP contribution < -0.4 is 0 Å². The van der Waals surface area contributed by atoms with E-state index in [0.717, 1.165) is 44.1 Å². The topological polar surface area (TPSA) is 65.0 Å². The molecule has 3 rings (SSSR count). The first-order chi connectivity index (χ1) is 23.8. The number of aliphatic hydroxyl groups is 1. The Morgan fingerprint density at radius 2 is 1.58 bits per heavy atom. The zero-order chi connectivity index (χ0) is 39.5. The largest absolute Gasteiger partial charge is 0.465 e. The monoisotopic (exact) mass is 757 g/mol. The maximum absolute atomic E-state index is 12.8. The maximum atomic E-state index is 12.8. The molecule has 5 nitrogen and oxygen atoms in total. The lowest BCUT2D eigenvalue weighted by atomic mass is 9.61. The molecule has 0 bridgehead atoms. The van der Waals surface area contributed by atoms with E-state index in [1.165, 1.54) is 31.3 Å². The highest BCUT2D eigenvalue weighted by Crippen LogP contribution is 2.59. The van der Waals surface area contributed by atoms with Gasteiger partial charge >= 0.3 is 5.97 Å². The van der Waals surface area contributed by atoms with Gasteiger partial charge in [-0.1, -0.05) is 112 Å². The molecule has 3 aliphatic carbocycles. The van der Waals surface area contributed by atoms with Gasteiger partial charge in [0, 0.05) is 6.42 Å². The number of esters is 1. The average Bonchev–Trinajstić information content (AvgIpc) is 3.38. The summed E-state index contributed by atoms with van der Waals surface area (Å²) in [7, 11) is -3.99. The van der Waals surface area contributed by atoms with Crippen molar-refractivity contribution in [3.63, 3.8) is 0 Å². The molecule has 0 saturated heterocycles. The van der Waals surface area contributed by atoms with Crippen molar-refractivity contribution >= 4 is 22.6 Å². The number of fused-ring (bicyclic) bond motifs is 1. The molecule has 3 fully saturated rings. The minimum atomic E-state index is -2.02.